The van der Waals surface area contributed by atoms with Gasteiger partial charge in [0.15, 0.2) is 16.6 Å². The second kappa shape index (κ2) is 9.74. The Labute approximate surface area is 229 Å². The number of benzene rings is 3. The Morgan fingerprint density at radius 2 is 1.87 bits per heavy atom. The van der Waals surface area contributed by atoms with Gasteiger partial charge in [-0.25, -0.2) is 4.98 Å². The Balaban J connectivity index is 1.55. The predicted octanol–water partition coefficient (Wildman–Crippen LogP) is 5.71. The van der Waals surface area contributed by atoms with E-state index in [1.54, 1.807) is 30.3 Å². The largest absolute Gasteiger partial charge is 0.507 e. The van der Waals surface area contributed by atoms with Gasteiger partial charge in [0.25, 0.3) is 5.78 Å². The smallest absolute Gasteiger partial charge is 0.301 e. The molecule has 1 saturated heterocycles. The number of amides is 1. The number of aliphatic hydroxyl groups is 1. The first kappa shape index (κ1) is 24.9. The summed E-state index contributed by atoms with van der Waals surface area (Å²) in [6.07, 6.45) is 0. The number of ketones is 1. The summed E-state index contributed by atoms with van der Waals surface area (Å²) < 4.78 is 17.9. The lowest BCUT2D eigenvalue weighted by atomic mass is 9.95. The highest BCUT2D eigenvalue weighted by Gasteiger charge is 2.48. The zero-order chi connectivity index (χ0) is 27.3. The van der Waals surface area contributed by atoms with Crippen LogP contribution in [0, 0.1) is 13.8 Å². The number of carbonyl (C=O) groups excluding carboxylic acids is 2. The average molecular weight is 543 g/mol. The molecule has 39 heavy (non-hydrogen) atoms. The second-order valence-corrected chi connectivity index (χ2v) is 10.5. The van der Waals surface area contributed by atoms with Gasteiger partial charge in [-0.2, -0.15) is 0 Å². The summed E-state index contributed by atoms with van der Waals surface area (Å²) in [7, 11) is 0. The molecule has 0 bridgehead atoms. The van der Waals surface area contributed by atoms with Gasteiger partial charge in [0.1, 0.15) is 24.7 Å². The van der Waals surface area contributed by atoms with E-state index < -0.39 is 17.7 Å². The SMILES string of the molecule is CCOc1cccc([C@@H]2C(=C(O)c3ccc4c(c3)OCCO4)C(=O)C(=O)N2c2nc3c(C)cc(C)cc3s2)c1. The molecule has 2 aliphatic heterocycles. The summed E-state index contributed by atoms with van der Waals surface area (Å²) >= 11 is 1.34. The molecule has 0 radical (unpaired) electrons. The molecule has 1 atom stereocenters. The van der Waals surface area contributed by atoms with Crippen molar-refractivity contribution in [3.05, 3.63) is 82.4 Å². The van der Waals surface area contributed by atoms with Crippen LogP contribution in [0.4, 0.5) is 5.13 Å². The van der Waals surface area contributed by atoms with Crippen molar-refractivity contribution in [1.82, 2.24) is 4.98 Å². The topological polar surface area (TPSA) is 98.2 Å². The molecule has 0 saturated carbocycles. The Morgan fingerprint density at radius 3 is 2.67 bits per heavy atom. The van der Waals surface area contributed by atoms with Gasteiger partial charge >= 0.3 is 5.91 Å². The van der Waals surface area contributed by atoms with Crippen molar-refractivity contribution in [2.24, 2.45) is 0 Å². The molecule has 0 aliphatic carbocycles. The molecule has 1 N–H and O–H groups in total. The lowest BCUT2D eigenvalue weighted by molar-refractivity contribution is -0.132. The number of anilines is 1. The van der Waals surface area contributed by atoms with Crippen LogP contribution in [0.1, 0.15) is 35.2 Å². The van der Waals surface area contributed by atoms with Crippen LogP contribution in [0.2, 0.25) is 0 Å². The molecule has 6 rings (SSSR count). The molecule has 1 aromatic heterocycles. The summed E-state index contributed by atoms with van der Waals surface area (Å²) in [4.78, 5) is 33.4. The van der Waals surface area contributed by atoms with Gasteiger partial charge in [-0.1, -0.05) is 29.5 Å². The van der Waals surface area contributed by atoms with Crippen molar-refractivity contribution < 1.29 is 28.9 Å². The highest BCUT2D eigenvalue weighted by Crippen LogP contribution is 2.46. The third-order valence-corrected chi connectivity index (χ3v) is 7.77. The molecule has 3 aromatic carbocycles. The van der Waals surface area contributed by atoms with Gasteiger partial charge in [-0.15, -0.1) is 0 Å². The Kier molecular flexibility index (Phi) is 6.23. The van der Waals surface area contributed by atoms with Gasteiger partial charge in [0.05, 0.1) is 28.4 Å². The average Bonchev–Trinajstić information content (AvgIpc) is 3.47. The predicted molar refractivity (Wildman–Crippen MR) is 149 cm³/mol. The third kappa shape index (κ3) is 4.28. The summed E-state index contributed by atoms with van der Waals surface area (Å²) in [5.74, 6) is -0.232. The molecular weight excluding hydrogens is 516 g/mol. The zero-order valence-corrected chi connectivity index (χ0v) is 22.5. The van der Waals surface area contributed by atoms with E-state index in [4.69, 9.17) is 19.2 Å². The van der Waals surface area contributed by atoms with Crippen LogP contribution in [0.3, 0.4) is 0 Å². The van der Waals surface area contributed by atoms with Crippen LogP contribution in [0.5, 0.6) is 17.2 Å². The minimum Gasteiger partial charge on any atom is -0.507 e. The number of ether oxygens (including phenoxy) is 3. The monoisotopic (exact) mass is 542 g/mol. The van der Waals surface area contributed by atoms with Gasteiger partial charge in [0.2, 0.25) is 0 Å². The van der Waals surface area contributed by atoms with Crippen LogP contribution in [0.15, 0.2) is 60.2 Å². The van der Waals surface area contributed by atoms with Crippen molar-refractivity contribution in [1.29, 1.82) is 0 Å². The summed E-state index contributed by atoms with van der Waals surface area (Å²) in [6.45, 7) is 7.12. The molecule has 198 valence electrons. The second-order valence-electron chi connectivity index (χ2n) is 9.46. The van der Waals surface area contributed by atoms with Crippen LogP contribution >= 0.6 is 11.3 Å². The highest BCUT2D eigenvalue weighted by molar-refractivity contribution is 7.22. The lowest BCUT2D eigenvalue weighted by Gasteiger charge is -2.23. The standard InChI is InChI=1S/C30H26N2O6S/c1-4-36-20-7-5-6-18(14-20)26-24(27(33)19-8-9-21-22(15-19)38-11-10-37-21)28(34)29(35)32(26)30-31-25-17(3)12-16(2)13-23(25)39-30/h5-9,12-15,26,33H,4,10-11H2,1-3H3/t26-/m1/s1. The molecule has 0 unspecified atom stereocenters. The number of carbonyl (C=O) groups is 2. The first-order valence-electron chi connectivity index (χ1n) is 12.7. The Hall–Kier alpha value is -4.37. The fraction of sp³-hybridized carbons (Fsp3) is 0.233. The van der Waals surface area contributed by atoms with Crippen molar-refractivity contribution in [3.63, 3.8) is 0 Å². The van der Waals surface area contributed by atoms with E-state index in [1.165, 1.54) is 16.2 Å². The van der Waals surface area contributed by atoms with Gasteiger partial charge < -0.3 is 19.3 Å². The summed E-state index contributed by atoms with van der Waals surface area (Å²) in [5, 5.41) is 11.9. The maximum atomic E-state index is 13.6. The van der Waals surface area contributed by atoms with Crippen LogP contribution in [0.25, 0.3) is 16.0 Å². The molecule has 2 aliphatic rings. The van der Waals surface area contributed by atoms with Crippen LogP contribution in [-0.4, -0.2) is 41.6 Å². The number of thiazole rings is 1. The number of hydrogen-bond donors (Lipinski definition) is 1. The van der Waals surface area contributed by atoms with Gasteiger partial charge in [-0.05, 0) is 73.9 Å². The number of hydrogen-bond acceptors (Lipinski definition) is 8. The van der Waals surface area contributed by atoms with E-state index >= 15 is 0 Å². The van der Waals surface area contributed by atoms with E-state index in [-0.39, 0.29) is 11.3 Å². The molecule has 8 nitrogen and oxygen atoms in total. The normalized spacial score (nSPS) is 18.1. The molecule has 0 spiro atoms. The van der Waals surface area contributed by atoms with Gasteiger partial charge in [0, 0.05) is 5.56 Å². The quantitative estimate of drug-likeness (QED) is 0.196. The van der Waals surface area contributed by atoms with Crippen LogP contribution < -0.4 is 19.1 Å². The van der Waals surface area contributed by atoms with E-state index in [2.05, 4.69) is 0 Å². The summed E-state index contributed by atoms with van der Waals surface area (Å²) in [5.41, 5.74) is 3.77. The number of aryl methyl sites for hydroxylation is 2. The molecular formula is C30H26N2O6S. The molecule has 1 amide bonds. The van der Waals surface area contributed by atoms with E-state index in [0.717, 1.165) is 21.3 Å². The van der Waals surface area contributed by atoms with E-state index in [9.17, 15) is 14.7 Å². The fourth-order valence-electron chi connectivity index (χ4n) is 5.09. The minimum atomic E-state index is -0.916. The minimum absolute atomic E-state index is 0.0301. The van der Waals surface area contributed by atoms with E-state index in [0.29, 0.717) is 53.3 Å². The van der Waals surface area contributed by atoms with E-state index in [1.807, 2.05) is 45.0 Å². The highest BCUT2D eigenvalue weighted by atomic mass is 32.1. The van der Waals surface area contributed by atoms with Crippen molar-refractivity contribution >= 4 is 44.1 Å². The van der Waals surface area contributed by atoms with Gasteiger partial charge in [-0.3, -0.25) is 14.5 Å². The van der Waals surface area contributed by atoms with Crippen LogP contribution in [-0.2, 0) is 9.59 Å². The van der Waals surface area contributed by atoms with Crippen molar-refractivity contribution in [2.75, 3.05) is 24.7 Å². The maximum Gasteiger partial charge on any atom is 0.301 e. The number of nitrogens with zero attached hydrogens (tertiary/aromatic N) is 2. The van der Waals surface area contributed by atoms with Crippen molar-refractivity contribution in [2.45, 2.75) is 26.8 Å². The summed E-state index contributed by atoms with van der Waals surface area (Å²) in [6, 6.07) is 15.3. The van der Waals surface area contributed by atoms with Crippen molar-refractivity contribution in [3.8, 4) is 17.2 Å². The molecule has 1 fully saturated rings. The lowest BCUT2D eigenvalue weighted by Crippen LogP contribution is -2.29. The number of aromatic nitrogens is 1. The molecule has 4 aromatic rings. The number of rotatable bonds is 5. The number of fused-ring (bicyclic) bond motifs is 2. The third-order valence-electron chi connectivity index (χ3n) is 6.77. The first-order chi connectivity index (χ1) is 18.9. The molecule has 3 heterocycles. The fourth-order valence-corrected chi connectivity index (χ4v) is 6.26. The maximum absolute atomic E-state index is 13.6. The zero-order valence-electron chi connectivity index (χ0n) is 21.7. The molecule has 9 heteroatoms. The number of aliphatic hydroxyl groups excluding tert-OH is 1. The Bertz CT molecular complexity index is 1670. The Morgan fingerprint density at radius 1 is 1.08 bits per heavy atom. The number of Topliss-reactive ketones (excluding diaryl/α,β-unsaturated/α-hetero) is 1. The first-order valence-corrected chi connectivity index (χ1v) is 13.5.